The van der Waals surface area contributed by atoms with Gasteiger partial charge in [0.05, 0.1) is 4.90 Å². The highest BCUT2D eigenvalue weighted by molar-refractivity contribution is 7.89. The number of hydrogen-bond donors (Lipinski definition) is 0. The molecule has 0 aliphatic carbocycles. The van der Waals surface area contributed by atoms with Gasteiger partial charge in [-0.05, 0) is 44.4 Å². The maximum atomic E-state index is 13.2. The molecule has 7 heteroatoms. The molecule has 174 valence electrons. The molecule has 0 N–H and O–H groups in total. The standard InChI is InChI=1S/C26H32N4O2S/c1-4-25-24(19-22-9-6-5-7-10-22)26(28-21(3)27-25)29-15-8-16-30(18-17-29)33(31,32)23-13-11-20(2)12-14-23/h5-7,9-14H,4,8,15-19H2,1-3H3. The summed E-state index contributed by atoms with van der Waals surface area (Å²) in [6, 6.07) is 17.5. The second-order valence-corrected chi connectivity index (χ2v) is 10.5. The molecule has 1 saturated heterocycles. The number of aromatic nitrogens is 2. The zero-order chi connectivity index (χ0) is 23.4. The Morgan fingerprint density at radius 1 is 0.879 bits per heavy atom. The van der Waals surface area contributed by atoms with Crippen molar-refractivity contribution >= 4 is 15.8 Å². The molecule has 1 fully saturated rings. The van der Waals surface area contributed by atoms with Crippen molar-refractivity contribution < 1.29 is 8.42 Å². The average Bonchev–Trinajstić information content (AvgIpc) is 3.08. The van der Waals surface area contributed by atoms with Crippen LogP contribution in [0, 0.1) is 13.8 Å². The minimum atomic E-state index is -3.51. The molecule has 4 rings (SSSR count). The van der Waals surface area contributed by atoms with Crippen LogP contribution in [0.2, 0.25) is 0 Å². The molecule has 0 radical (unpaired) electrons. The van der Waals surface area contributed by atoms with Gasteiger partial charge in [0.1, 0.15) is 11.6 Å². The van der Waals surface area contributed by atoms with E-state index in [4.69, 9.17) is 9.97 Å². The van der Waals surface area contributed by atoms with E-state index >= 15 is 0 Å². The van der Waals surface area contributed by atoms with Gasteiger partial charge < -0.3 is 4.90 Å². The van der Waals surface area contributed by atoms with Gasteiger partial charge in [0.2, 0.25) is 10.0 Å². The monoisotopic (exact) mass is 464 g/mol. The number of nitrogens with zero attached hydrogens (tertiary/aromatic N) is 4. The molecule has 6 nitrogen and oxygen atoms in total. The molecule has 0 amide bonds. The number of aryl methyl sites for hydroxylation is 3. The van der Waals surface area contributed by atoms with Crippen molar-refractivity contribution in [3.63, 3.8) is 0 Å². The van der Waals surface area contributed by atoms with E-state index in [1.165, 1.54) is 5.56 Å². The summed E-state index contributed by atoms with van der Waals surface area (Å²) < 4.78 is 28.1. The minimum absolute atomic E-state index is 0.359. The van der Waals surface area contributed by atoms with E-state index < -0.39 is 10.0 Å². The van der Waals surface area contributed by atoms with Gasteiger partial charge in [-0.15, -0.1) is 0 Å². The Kier molecular flexibility index (Phi) is 7.10. The van der Waals surface area contributed by atoms with Gasteiger partial charge in [0, 0.05) is 43.9 Å². The third-order valence-electron chi connectivity index (χ3n) is 6.15. The first-order chi connectivity index (χ1) is 15.9. The average molecular weight is 465 g/mol. The Balaban J connectivity index is 1.61. The van der Waals surface area contributed by atoms with Crippen LogP contribution in [-0.2, 0) is 22.9 Å². The lowest BCUT2D eigenvalue weighted by Crippen LogP contribution is -2.35. The first kappa shape index (κ1) is 23.4. The third-order valence-corrected chi connectivity index (χ3v) is 8.07. The van der Waals surface area contributed by atoms with Crippen LogP contribution in [-0.4, -0.2) is 48.9 Å². The molecule has 0 unspecified atom stereocenters. The number of hydrogen-bond acceptors (Lipinski definition) is 5. The lowest BCUT2D eigenvalue weighted by molar-refractivity contribution is 0.433. The molecule has 2 aromatic carbocycles. The molecule has 33 heavy (non-hydrogen) atoms. The van der Waals surface area contributed by atoms with E-state index in [-0.39, 0.29) is 0 Å². The first-order valence-corrected chi connectivity index (χ1v) is 13.0. The first-order valence-electron chi connectivity index (χ1n) is 11.6. The van der Waals surface area contributed by atoms with Crippen LogP contribution in [0.5, 0.6) is 0 Å². The molecule has 0 spiro atoms. The van der Waals surface area contributed by atoms with E-state index in [9.17, 15) is 8.42 Å². The van der Waals surface area contributed by atoms with Gasteiger partial charge in [-0.1, -0.05) is 55.0 Å². The van der Waals surface area contributed by atoms with Gasteiger partial charge in [-0.3, -0.25) is 0 Å². The van der Waals surface area contributed by atoms with Crippen molar-refractivity contribution in [2.75, 3.05) is 31.1 Å². The fourth-order valence-electron chi connectivity index (χ4n) is 4.38. The van der Waals surface area contributed by atoms with Crippen LogP contribution in [0.1, 0.15) is 41.6 Å². The lowest BCUT2D eigenvalue weighted by Gasteiger charge is -2.26. The Labute approximate surface area is 197 Å². The Hall–Kier alpha value is -2.77. The molecule has 1 aromatic heterocycles. The highest BCUT2D eigenvalue weighted by Gasteiger charge is 2.28. The summed E-state index contributed by atoms with van der Waals surface area (Å²) in [6.45, 7) is 8.32. The fourth-order valence-corrected chi connectivity index (χ4v) is 5.85. The van der Waals surface area contributed by atoms with Crippen molar-refractivity contribution in [2.45, 2.75) is 44.9 Å². The van der Waals surface area contributed by atoms with E-state index in [1.807, 2.05) is 32.0 Å². The van der Waals surface area contributed by atoms with Crippen LogP contribution in [0.15, 0.2) is 59.5 Å². The van der Waals surface area contributed by atoms with Crippen molar-refractivity contribution in [1.82, 2.24) is 14.3 Å². The van der Waals surface area contributed by atoms with E-state index in [2.05, 4.69) is 36.1 Å². The fraction of sp³-hybridized carbons (Fsp3) is 0.385. The summed E-state index contributed by atoms with van der Waals surface area (Å²) in [5.41, 5.74) is 4.48. The number of rotatable bonds is 6. The van der Waals surface area contributed by atoms with Gasteiger partial charge >= 0.3 is 0 Å². The normalized spacial score (nSPS) is 15.4. The summed E-state index contributed by atoms with van der Waals surface area (Å²) in [4.78, 5) is 12.2. The largest absolute Gasteiger partial charge is 0.355 e. The van der Waals surface area contributed by atoms with Gasteiger partial charge in [0.25, 0.3) is 0 Å². The quantitative estimate of drug-likeness (QED) is 0.548. The van der Waals surface area contributed by atoms with Crippen LogP contribution < -0.4 is 4.90 Å². The van der Waals surface area contributed by atoms with E-state index in [1.54, 1.807) is 16.4 Å². The molecule has 3 aromatic rings. The van der Waals surface area contributed by atoms with E-state index in [0.29, 0.717) is 24.5 Å². The molecule has 1 aliphatic rings. The van der Waals surface area contributed by atoms with Crippen molar-refractivity contribution in [2.24, 2.45) is 0 Å². The predicted molar refractivity (Wildman–Crippen MR) is 132 cm³/mol. The zero-order valence-electron chi connectivity index (χ0n) is 19.7. The predicted octanol–water partition coefficient (Wildman–Crippen LogP) is 4.15. The second-order valence-electron chi connectivity index (χ2n) is 8.59. The van der Waals surface area contributed by atoms with Crippen molar-refractivity contribution in [3.8, 4) is 0 Å². The maximum absolute atomic E-state index is 13.2. The SMILES string of the molecule is CCc1nc(C)nc(N2CCCN(S(=O)(=O)c3ccc(C)cc3)CC2)c1Cc1ccccc1. The summed E-state index contributed by atoms with van der Waals surface area (Å²) >= 11 is 0. The second kappa shape index (κ2) is 10.0. The van der Waals surface area contributed by atoms with Crippen molar-refractivity contribution in [1.29, 1.82) is 0 Å². The van der Waals surface area contributed by atoms with Gasteiger partial charge in [0.15, 0.2) is 0 Å². The summed E-state index contributed by atoms with van der Waals surface area (Å²) in [5, 5.41) is 0. The van der Waals surface area contributed by atoms with E-state index in [0.717, 1.165) is 54.3 Å². The molecule has 2 heterocycles. The van der Waals surface area contributed by atoms with Crippen LogP contribution in [0.4, 0.5) is 5.82 Å². The molecule has 0 bridgehead atoms. The maximum Gasteiger partial charge on any atom is 0.243 e. The summed E-state index contributed by atoms with van der Waals surface area (Å²) in [6.07, 6.45) is 2.35. The highest BCUT2D eigenvalue weighted by atomic mass is 32.2. The Morgan fingerprint density at radius 2 is 1.61 bits per heavy atom. The van der Waals surface area contributed by atoms with Crippen molar-refractivity contribution in [3.05, 3.63) is 82.8 Å². The topological polar surface area (TPSA) is 66.4 Å². The molecule has 0 atom stereocenters. The van der Waals surface area contributed by atoms with Crippen LogP contribution in [0.25, 0.3) is 0 Å². The molecule has 0 saturated carbocycles. The lowest BCUT2D eigenvalue weighted by atomic mass is 10.0. The number of benzene rings is 2. The molecular formula is C26H32N4O2S. The summed E-state index contributed by atoms with van der Waals surface area (Å²) in [7, 11) is -3.51. The van der Waals surface area contributed by atoms with Crippen LogP contribution in [0.3, 0.4) is 0 Å². The minimum Gasteiger partial charge on any atom is -0.355 e. The highest BCUT2D eigenvalue weighted by Crippen LogP contribution is 2.27. The zero-order valence-corrected chi connectivity index (χ0v) is 20.5. The molecule has 1 aliphatic heterocycles. The number of sulfonamides is 1. The third kappa shape index (κ3) is 5.25. The van der Waals surface area contributed by atoms with Gasteiger partial charge in [-0.25, -0.2) is 18.4 Å². The Morgan fingerprint density at radius 3 is 2.30 bits per heavy atom. The van der Waals surface area contributed by atoms with Crippen LogP contribution >= 0.6 is 0 Å². The van der Waals surface area contributed by atoms with Gasteiger partial charge in [-0.2, -0.15) is 4.31 Å². The Bertz CT molecular complexity index is 1190. The summed E-state index contributed by atoms with van der Waals surface area (Å²) in [5.74, 6) is 1.70. The smallest absolute Gasteiger partial charge is 0.243 e. The number of anilines is 1. The molecular weight excluding hydrogens is 432 g/mol.